The van der Waals surface area contributed by atoms with Crippen LogP contribution in [0.4, 0.5) is 0 Å². The van der Waals surface area contributed by atoms with Gasteiger partial charge in [-0.05, 0) is 37.6 Å². The van der Waals surface area contributed by atoms with Crippen molar-refractivity contribution in [2.24, 2.45) is 7.05 Å². The number of nitrogens with one attached hydrogen (secondary N) is 1. The van der Waals surface area contributed by atoms with Crippen molar-refractivity contribution in [3.05, 3.63) is 74.9 Å². The molecule has 1 N–H and O–H groups in total. The highest BCUT2D eigenvalue weighted by Gasteiger charge is 2.28. The molecule has 148 valence electrons. The van der Waals surface area contributed by atoms with E-state index in [1.807, 2.05) is 29.6 Å². The molecule has 4 aromatic rings. The number of likely N-dealkylation sites (tertiary alicyclic amines) is 1. The zero-order valence-corrected chi connectivity index (χ0v) is 17.6. The van der Waals surface area contributed by atoms with Crippen molar-refractivity contribution in [3.8, 4) is 11.1 Å². The molecule has 1 unspecified atom stereocenters. The first-order valence-electron chi connectivity index (χ1n) is 9.72. The van der Waals surface area contributed by atoms with E-state index in [2.05, 4.69) is 39.8 Å². The summed E-state index contributed by atoms with van der Waals surface area (Å²) < 4.78 is 2.18. The predicted octanol–water partition coefficient (Wildman–Crippen LogP) is 4.98. The number of nitrogens with zero attached hydrogens (tertiary/aromatic N) is 3. The number of hydrogen-bond donors (Lipinski definition) is 1. The van der Waals surface area contributed by atoms with Gasteiger partial charge in [0, 0.05) is 40.5 Å². The number of aromatic amines is 1. The van der Waals surface area contributed by atoms with Crippen molar-refractivity contribution in [1.82, 2.24) is 19.4 Å². The lowest BCUT2D eigenvalue weighted by Gasteiger charge is -2.24. The van der Waals surface area contributed by atoms with Crippen molar-refractivity contribution in [3.63, 3.8) is 0 Å². The first-order valence-corrected chi connectivity index (χ1v) is 11.0. The summed E-state index contributed by atoms with van der Waals surface area (Å²) in [4.78, 5) is 23.9. The molecule has 7 heteroatoms. The van der Waals surface area contributed by atoms with Gasteiger partial charge in [0.25, 0.3) is 5.56 Å². The van der Waals surface area contributed by atoms with Gasteiger partial charge in [-0.15, -0.1) is 11.3 Å². The summed E-state index contributed by atoms with van der Waals surface area (Å²) in [6, 6.07) is 12.2. The molecule has 0 amide bonds. The topological polar surface area (TPSA) is 53.9 Å². The minimum absolute atomic E-state index is 0.101. The normalized spacial score (nSPS) is 17.4. The fourth-order valence-corrected chi connectivity index (χ4v) is 5.50. The van der Waals surface area contributed by atoms with Crippen LogP contribution < -0.4 is 5.56 Å². The van der Waals surface area contributed by atoms with Crippen LogP contribution >= 0.6 is 22.9 Å². The van der Waals surface area contributed by atoms with Crippen LogP contribution in [0.5, 0.6) is 0 Å². The summed E-state index contributed by atoms with van der Waals surface area (Å²) in [5, 5.41) is 3.23. The van der Waals surface area contributed by atoms with E-state index in [4.69, 9.17) is 16.6 Å². The Balaban J connectivity index is 1.49. The van der Waals surface area contributed by atoms with E-state index in [0.717, 1.165) is 41.2 Å². The first kappa shape index (κ1) is 18.6. The van der Waals surface area contributed by atoms with Gasteiger partial charge in [-0.2, -0.15) is 0 Å². The quantitative estimate of drug-likeness (QED) is 0.502. The second-order valence-corrected chi connectivity index (χ2v) is 8.76. The fourth-order valence-electron chi connectivity index (χ4n) is 4.31. The van der Waals surface area contributed by atoms with Gasteiger partial charge < -0.3 is 9.55 Å². The van der Waals surface area contributed by atoms with Crippen LogP contribution in [0.2, 0.25) is 5.02 Å². The highest BCUT2D eigenvalue weighted by molar-refractivity contribution is 7.17. The van der Waals surface area contributed by atoms with Gasteiger partial charge in [0.2, 0.25) is 0 Å². The molecule has 1 atom stereocenters. The number of aryl methyl sites for hydroxylation is 1. The molecule has 1 aliphatic rings. The lowest BCUT2D eigenvalue weighted by Crippen LogP contribution is -2.26. The lowest BCUT2D eigenvalue weighted by atomic mass is 10.1. The molecule has 0 saturated carbocycles. The molecule has 0 aliphatic carbocycles. The third-order valence-corrected chi connectivity index (χ3v) is 6.90. The van der Waals surface area contributed by atoms with Gasteiger partial charge >= 0.3 is 0 Å². The van der Waals surface area contributed by atoms with Crippen molar-refractivity contribution in [2.75, 3.05) is 6.54 Å². The molecule has 3 aromatic heterocycles. The number of hydrogen-bond acceptors (Lipinski definition) is 4. The standard InChI is InChI=1S/C22H21ClN4OS/c1-26-10-4-8-17(26)18-9-5-11-27(18)12-19-24-21(28)20-15(13-29-22(20)25-19)14-6-2-3-7-16(14)23/h2-4,6-8,10,13,18H,5,9,11-12H2,1H3,(H,24,25,28). The summed E-state index contributed by atoms with van der Waals surface area (Å²) >= 11 is 7.85. The first-order chi connectivity index (χ1) is 14.1. The van der Waals surface area contributed by atoms with Crippen LogP contribution in [0.3, 0.4) is 0 Å². The highest BCUT2D eigenvalue weighted by atomic mass is 35.5. The monoisotopic (exact) mass is 424 g/mol. The van der Waals surface area contributed by atoms with Crippen molar-refractivity contribution in [2.45, 2.75) is 25.4 Å². The zero-order valence-electron chi connectivity index (χ0n) is 16.1. The maximum absolute atomic E-state index is 12.9. The van der Waals surface area contributed by atoms with Crippen LogP contribution in [-0.2, 0) is 13.6 Å². The van der Waals surface area contributed by atoms with Gasteiger partial charge in [0.05, 0.1) is 18.0 Å². The van der Waals surface area contributed by atoms with E-state index in [1.165, 1.54) is 17.0 Å². The Bertz CT molecular complexity index is 1240. The van der Waals surface area contributed by atoms with E-state index >= 15 is 0 Å². The number of benzene rings is 1. The average molecular weight is 425 g/mol. The zero-order chi connectivity index (χ0) is 20.0. The molecule has 0 bridgehead atoms. The molecule has 5 nitrogen and oxygen atoms in total. The molecule has 5 rings (SSSR count). The molecule has 0 radical (unpaired) electrons. The van der Waals surface area contributed by atoms with Crippen molar-refractivity contribution >= 4 is 33.2 Å². The Morgan fingerprint density at radius 3 is 2.90 bits per heavy atom. The van der Waals surface area contributed by atoms with Crippen molar-refractivity contribution < 1.29 is 0 Å². The fraction of sp³-hybridized carbons (Fsp3) is 0.273. The minimum atomic E-state index is -0.101. The summed E-state index contributed by atoms with van der Waals surface area (Å²) in [6.07, 6.45) is 4.36. The van der Waals surface area contributed by atoms with E-state index in [0.29, 0.717) is 23.0 Å². The maximum Gasteiger partial charge on any atom is 0.260 e. The number of aromatic nitrogens is 3. The predicted molar refractivity (Wildman–Crippen MR) is 118 cm³/mol. The Hall–Kier alpha value is -2.41. The van der Waals surface area contributed by atoms with Gasteiger partial charge in [0.1, 0.15) is 10.7 Å². The summed E-state index contributed by atoms with van der Waals surface area (Å²) in [6.45, 7) is 1.65. The van der Waals surface area contributed by atoms with Crippen LogP contribution in [0, 0.1) is 0 Å². The lowest BCUT2D eigenvalue weighted by molar-refractivity contribution is 0.235. The molecular formula is C22H21ClN4OS. The minimum Gasteiger partial charge on any atom is -0.353 e. The Kier molecular flexibility index (Phi) is 4.78. The second-order valence-electron chi connectivity index (χ2n) is 7.49. The summed E-state index contributed by atoms with van der Waals surface area (Å²) in [5.74, 6) is 0.719. The molecule has 4 heterocycles. The summed E-state index contributed by atoms with van der Waals surface area (Å²) in [5.41, 5.74) is 2.92. The van der Waals surface area contributed by atoms with E-state index < -0.39 is 0 Å². The molecular weight excluding hydrogens is 404 g/mol. The second kappa shape index (κ2) is 7.44. The number of fused-ring (bicyclic) bond motifs is 1. The molecule has 0 spiro atoms. The van der Waals surface area contributed by atoms with E-state index in [-0.39, 0.29) is 5.56 Å². The maximum atomic E-state index is 12.9. The molecule has 1 saturated heterocycles. The average Bonchev–Trinajstić information content (AvgIpc) is 3.42. The Labute approximate surface area is 177 Å². The van der Waals surface area contributed by atoms with Crippen LogP contribution in [-0.4, -0.2) is 26.0 Å². The van der Waals surface area contributed by atoms with E-state index in [1.54, 1.807) is 0 Å². The van der Waals surface area contributed by atoms with E-state index in [9.17, 15) is 4.79 Å². The van der Waals surface area contributed by atoms with Crippen molar-refractivity contribution in [1.29, 1.82) is 0 Å². The summed E-state index contributed by atoms with van der Waals surface area (Å²) in [7, 11) is 2.08. The largest absolute Gasteiger partial charge is 0.353 e. The molecule has 1 aromatic carbocycles. The van der Waals surface area contributed by atoms with Gasteiger partial charge in [-0.25, -0.2) is 4.98 Å². The smallest absolute Gasteiger partial charge is 0.260 e. The number of rotatable bonds is 4. The molecule has 1 aliphatic heterocycles. The Morgan fingerprint density at radius 1 is 1.24 bits per heavy atom. The third kappa shape index (κ3) is 3.31. The van der Waals surface area contributed by atoms with Crippen LogP contribution in [0.25, 0.3) is 21.3 Å². The van der Waals surface area contributed by atoms with Crippen LogP contribution in [0.15, 0.2) is 52.8 Å². The number of H-pyrrole nitrogens is 1. The highest BCUT2D eigenvalue weighted by Crippen LogP contribution is 2.36. The van der Waals surface area contributed by atoms with Gasteiger partial charge in [-0.3, -0.25) is 9.69 Å². The molecule has 29 heavy (non-hydrogen) atoms. The Morgan fingerprint density at radius 2 is 2.10 bits per heavy atom. The van der Waals surface area contributed by atoms with Gasteiger partial charge in [-0.1, -0.05) is 29.8 Å². The molecule has 1 fully saturated rings. The van der Waals surface area contributed by atoms with Gasteiger partial charge in [0.15, 0.2) is 0 Å². The third-order valence-electron chi connectivity index (χ3n) is 5.70. The number of thiophene rings is 1. The number of halogens is 1. The van der Waals surface area contributed by atoms with Crippen LogP contribution in [0.1, 0.15) is 30.4 Å². The SMILES string of the molecule is Cn1cccc1C1CCCN1Cc1nc2scc(-c3ccccc3Cl)c2c(=O)[nH]1.